The third-order valence-corrected chi connectivity index (χ3v) is 9.34. The van der Waals surface area contributed by atoms with Crippen LogP contribution in [0.15, 0.2) is 58.9 Å². The van der Waals surface area contributed by atoms with Crippen LogP contribution in [-0.2, 0) is 24.5 Å². The number of carboxylic acids is 1. The van der Waals surface area contributed by atoms with Crippen molar-refractivity contribution in [1.29, 1.82) is 0 Å². The number of benzene rings is 1. The highest BCUT2D eigenvalue weighted by atomic mass is 32.2. The first-order valence-electron chi connectivity index (χ1n) is 15.9. The van der Waals surface area contributed by atoms with Crippen molar-refractivity contribution in [2.75, 3.05) is 36.8 Å². The molecule has 1 fully saturated rings. The minimum Gasteiger partial charge on any atom is -0.481 e. The van der Waals surface area contributed by atoms with Crippen LogP contribution in [0, 0.1) is 5.41 Å². The standard InChI is InChI=1S/C34H43N3O9S/c1-5-35(6-2)25-14-13-24-20-27-29(46-28(24)21-25)19-23(22-34(27,3)4)12-15-26-31(40)36(16-9-7-8-11-30(38)39)33(42)37(32(26)41)17-10-18-47(43,44)45/h12-15,19-21H,5-11,16-18,22H2,1-4H3,(H,38,39)(H,43,44,45)/b23-12-,26-15-. The molecular weight excluding hydrogens is 626 g/mol. The summed E-state index contributed by atoms with van der Waals surface area (Å²) < 4.78 is 38.1. The van der Waals surface area contributed by atoms with E-state index >= 15 is 0 Å². The molecule has 1 aromatic rings. The molecule has 2 N–H and O–H groups in total. The quantitative estimate of drug-likeness (QED) is 0.117. The summed E-state index contributed by atoms with van der Waals surface area (Å²) in [5, 5.41) is 8.89. The van der Waals surface area contributed by atoms with Crippen molar-refractivity contribution in [2.24, 2.45) is 5.41 Å². The van der Waals surface area contributed by atoms with Gasteiger partial charge in [-0.15, -0.1) is 0 Å². The van der Waals surface area contributed by atoms with E-state index in [1.54, 1.807) is 6.08 Å². The molecule has 2 heterocycles. The number of fused-ring (bicyclic) bond motifs is 2. The lowest BCUT2D eigenvalue weighted by Crippen LogP contribution is -2.56. The first-order chi connectivity index (χ1) is 22.1. The summed E-state index contributed by atoms with van der Waals surface area (Å²) in [7, 11) is -4.33. The van der Waals surface area contributed by atoms with Crippen LogP contribution in [0.5, 0.6) is 5.75 Å². The Labute approximate surface area is 275 Å². The van der Waals surface area contributed by atoms with Gasteiger partial charge in [-0.3, -0.25) is 28.7 Å². The van der Waals surface area contributed by atoms with E-state index in [1.807, 2.05) is 12.1 Å². The third-order valence-electron chi connectivity index (χ3n) is 8.54. The fourth-order valence-electron chi connectivity index (χ4n) is 6.04. The summed E-state index contributed by atoms with van der Waals surface area (Å²) in [4.78, 5) is 54.9. The normalized spacial score (nSPS) is 19.3. The second-order valence-electron chi connectivity index (χ2n) is 12.5. The van der Waals surface area contributed by atoms with Crippen LogP contribution in [0.1, 0.15) is 71.8 Å². The molecule has 1 aliphatic carbocycles. The summed E-state index contributed by atoms with van der Waals surface area (Å²) in [6.45, 7) is 9.72. The van der Waals surface area contributed by atoms with E-state index in [0.717, 1.165) is 51.0 Å². The number of carbonyl (C=O) groups excluding carboxylic acids is 3. The van der Waals surface area contributed by atoms with E-state index in [2.05, 4.69) is 50.8 Å². The first-order valence-corrected chi connectivity index (χ1v) is 17.5. The number of imide groups is 2. The molecule has 2 aliphatic heterocycles. The van der Waals surface area contributed by atoms with Crippen LogP contribution >= 0.6 is 0 Å². The van der Waals surface area contributed by atoms with Gasteiger partial charge < -0.3 is 14.7 Å². The second kappa shape index (κ2) is 14.7. The number of urea groups is 1. The molecule has 12 nitrogen and oxygen atoms in total. The van der Waals surface area contributed by atoms with Crippen LogP contribution in [0.2, 0.25) is 0 Å². The minimum absolute atomic E-state index is 0.0404. The number of barbiturate groups is 1. The number of carbonyl (C=O) groups is 4. The molecule has 47 heavy (non-hydrogen) atoms. The highest BCUT2D eigenvalue weighted by Crippen LogP contribution is 2.48. The number of carboxylic acid groups (broad SMARTS) is 1. The zero-order chi connectivity index (χ0) is 34.5. The molecule has 0 saturated carbocycles. The minimum atomic E-state index is -4.33. The maximum Gasteiger partial charge on any atom is 0.333 e. The molecule has 3 aliphatic rings. The zero-order valence-corrected chi connectivity index (χ0v) is 28.1. The monoisotopic (exact) mass is 669 g/mol. The molecule has 13 heteroatoms. The maximum atomic E-state index is 13.5. The molecule has 0 spiro atoms. The van der Waals surface area contributed by atoms with Gasteiger partial charge >= 0.3 is 12.0 Å². The van der Waals surface area contributed by atoms with E-state index in [1.165, 1.54) is 6.08 Å². The van der Waals surface area contributed by atoms with Gasteiger partial charge in [-0.25, -0.2) is 4.79 Å². The van der Waals surface area contributed by atoms with Gasteiger partial charge in [0.2, 0.25) is 0 Å². The molecule has 254 valence electrons. The number of aliphatic carboxylic acids is 1. The number of rotatable bonds is 14. The Bertz CT molecular complexity index is 1670. The molecule has 4 rings (SSSR count). The molecule has 0 unspecified atom stereocenters. The van der Waals surface area contributed by atoms with E-state index in [0.29, 0.717) is 31.4 Å². The lowest BCUT2D eigenvalue weighted by Gasteiger charge is -2.37. The Morgan fingerprint density at radius 3 is 2.26 bits per heavy atom. The number of allylic oxidation sites excluding steroid dienone is 5. The van der Waals surface area contributed by atoms with Crippen LogP contribution in [0.4, 0.5) is 10.5 Å². The van der Waals surface area contributed by atoms with E-state index in [4.69, 9.17) is 14.4 Å². The van der Waals surface area contributed by atoms with Crippen molar-refractivity contribution >= 4 is 45.7 Å². The van der Waals surface area contributed by atoms with Crippen molar-refractivity contribution in [1.82, 2.24) is 9.80 Å². The number of anilines is 1. The summed E-state index contributed by atoms with van der Waals surface area (Å²) in [6, 6.07) is 5.28. The van der Waals surface area contributed by atoms with Crippen LogP contribution in [0.25, 0.3) is 6.08 Å². The number of unbranched alkanes of at least 4 members (excludes halogenated alkanes) is 2. The molecule has 4 amide bonds. The van der Waals surface area contributed by atoms with Crippen LogP contribution in [0.3, 0.4) is 0 Å². The largest absolute Gasteiger partial charge is 0.481 e. The van der Waals surface area contributed by atoms with Crippen LogP contribution < -0.4 is 9.64 Å². The third kappa shape index (κ3) is 8.58. The van der Waals surface area contributed by atoms with E-state index in [-0.39, 0.29) is 36.9 Å². The predicted octanol–water partition coefficient (Wildman–Crippen LogP) is 5.19. The topological polar surface area (TPSA) is 162 Å². The van der Waals surface area contributed by atoms with Gasteiger partial charge in [0.15, 0.2) is 0 Å². The van der Waals surface area contributed by atoms with Crippen LogP contribution in [-0.4, -0.2) is 83.6 Å². The van der Waals surface area contributed by atoms with Gasteiger partial charge in [-0.1, -0.05) is 26.3 Å². The second-order valence-corrected chi connectivity index (χ2v) is 14.1. The summed E-state index contributed by atoms with van der Waals surface area (Å²) in [5.41, 5.74) is 3.26. The maximum absolute atomic E-state index is 13.5. The van der Waals surface area contributed by atoms with Gasteiger partial charge in [-0.2, -0.15) is 8.42 Å². The molecule has 0 atom stereocenters. The van der Waals surface area contributed by atoms with Crippen molar-refractivity contribution in [3.8, 4) is 5.75 Å². The fraction of sp³-hybridized carbons (Fsp3) is 0.471. The number of ether oxygens (including phenoxy) is 1. The van der Waals surface area contributed by atoms with Crippen molar-refractivity contribution in [2.45, 2.75) is 66.2 Å². The number of amides is 4. The average Bonchev–Trinajstić information content (AvgIpc) is 2.99. The highest BCUT2D eigenvalue weighted by Gasteiger charge is 2.41. The Morgan fingerprint density at radius 1 is 0.979 bits per heavy atom. The molecule has 1 saturated heterocycles. The summed E-state index contributed by atoms with van der Waals surface area (Å²) in [6.07, 6.45) is 8.52. The van der Waals surface area contributed by atoms with Gasteiger partial charge in [-0.05, 0) is 80.9 Å². The van der Waals surface area contributed by atoms with E-state index < -0.39 is 39.7 Å². The Morgan fingerprint density at radius 2 is 1.64 bits per heavy atom. The molecule has 0 aromatic heterocycles. The lowest BCUT2D eigenvalue weighted by molar-refractivity contribution is -0.138. The van der Waals surface area contributed by atoms with Gasteiger partial charge in [0.25, 0.3) is 21.9 Å². The number of hydrogen-bond donors (Lipinski definition) is 2. The number of hydrogen-bond acceptors (Lipinski definition) is 8. The van der Waals surface area contributed by atoms with E-state index in [9.17, 15) is 27.6 Å². The Kier molecular flexibility index (Phi) is 11.1. The Balaban J connectivity index is 1.63. The summed E-state index contributed by atoms with van der Waals surface area (Å²) in [5.74, 6) is -1.84. The number of nitrogens with zero attached hydrogens (tertiary/aromatic N) is 3. The molecule has 0 radical (unpaired) electrons. The molecule has 1 aromatic carbocycles. The first kappa shape index (κ1) is 35.6. The average molecular weight is 670 g/mol. The zero-order valence-electron chi connectivity index (χ0n) is 27.3. The van der Waals surface area contributed by atoms with Crippen molar-refractivity contribution in [3.63, 3.8) is 0 Å². The van der Waals surface area contributed by atoms with Gasteiger partial charge in [0.05, 0.1) is 5.75 Å². The molecule has 0 bridgehead atoms. The smallest absolute Gasteiger partial charge is 0.333 e. The highest BCUT2D eigenvalue weighted by molar-refractivity contribution is 7.85. The summed E-state index contributed by atoms with van der Waals surface area (Å²) >= 11 is 0. The van der Waals surface area contributed by atoms with Crippen molar-refractivity contribution < 1.29 is 42.0 Å². The molecular formula is C34H43N3O9S. The van der Waals surface area contributed by atoms with Gasteiger partial charge in [0.1, 0.15) is 17.1 Å². The van der Waals surface area contributed by atoms with Crippen molar-refractivity contribution in [3.05, 3.63) is 64.5 Å². The lowest BCUT2D eigenvalue weighted by atomic mass is 9.72. The predicted molar refractivity (Wildman–Crippen MR) is 177 cm³/mol. The Hall–Kier alpha value is -4.23. The SMILES string of the molecule is CCN(CC)c1ccc2c(c1)OC1=C/C(=C/C=C3/C(=O)N(CCCCCC(=O)O)C(=O)N(CCCS(=O)(=O)O)C3=O)CC(C)(C)C1=C2. The van der Waals surface area contributed by atoms with Gasteiger partial charge in [0, 0.05) is 55.5 Å². The fourth-order valence-corrected chi connectivity index (χ4v) is 6.54.